The number of hydrogen-bond acceptors (Lipinski definition) is 5. The fraction of sp³-hybridized carbons (Fsp3) is 0.222. The number of ether oxygens (including phenoxy) is 3. The first kappa shape index (κ1) is 19.3. The number of amides is 2. The van der Waals surface area contributed by atoms with E-state index in [2.05, 4.69) is 26.6 Å². The fourth-order valence-corrected chi connectivity index (χ4v) is 3.29. The summed E-state index contributed by atoms with van der Waals surface area (Å²) < 4.78 is 16.8. The smallest absolute Gasteiger partial charge is 0.262 e. The molecule has 1 aliphatic heterocycles. The number of rotatable bonds is 5. The van der Waals surface area contributed by atoms with Crippen molar-refractivity contribution >= 4 is 50.7 Å². The Morgan fingerprint density at radius 1 is 1.37 bits per heavy atom. The van der Waals surface area contributed by atoms with Gasteiger partial charge in [0.1, 0.15) is 5.75 Å². The number of fused-ring (bicyclic) bond motifs is 1. The quantitative estimate of drug-likeness (QED) is 0.709. The van der Waals surface area contributed by atoms with E-state index in [9.17, 15) is 9.59 Å². The molecule has 142 valence electrons. The van der Waals surface area contributed by atoms with Crippen LogP contribution in [-0.4, -0.2) is 32.1 Å². The van der Waals surface area contributed by atoms with Crippen LogP contribution in [0.15, 0.2) is 28.7 Å². The maximum Gasteiger partial charge on any atom is 0.262 e. The van der Waals surface area contributed by atoms with E-state index in [0.29, 0.717) is 45.3 Å². The number of halogens is 2. The second-order valence-corrected chi connectivity index (χ2v) is 6.80. The average molecular weight is 456 g/mol. The number of benzene rings is 2. The van der Waals surface area contributed by atoms with Crippen LogP contribution in [0.25, 0.3) is 0 Å². The van der Waals surface area contributed by atoms with Gasteiger partial charge in [-0.2, -0.15) is 0 Å². The molecule has 0 bridgehead atoms. The summed E-state index contributed by atoms with van der Waals surface area (Å²) in [5.41, 5.74) is 1.17. The van der Waals surface area contributed by atoms with Gasteiger partial charge < -0.3 is 24.8 Å². The van der Waals surface area contributed by atoms with E-state index in [4.69, 9.17) is 25.8 Å². The highest BCUT2D eigenvalue weighted by molar-refractivity contribution is 9.10. The molecule has 27 heavy (non-hydrogen) atoms. The third-order valence-electron chi connectivity index (χ3n) is 3.73. The van der Waals surface area contributed by atoms with Gasteiger partial charge >= 0.3 is 0 Å². The van der Waals surface area contributed by atoms with Gasteiger partial charge in [-0.15, -0.1) is 0 Å². The summed E-state index contributed by atoms with van der Waals surface area (Å²) >= 11 is 9.61. The van der Waals surface area contributed by atoms with Crippen LogP contribution in [0.4, 0.5) is 11.4 Å². The SMILES string of the molecule is CCOc1c(Br)cc(C(=O)Nc2cc3c(cc2Cl)NC(=O)CO3)cc1OC. The molecular weight excluding hydrogens is 440 g/mol. The lowest BCUT2D eigenvalue weighted by Crippen LogP contribution is -2.25. The molecule has 9 heteroatoms. The summed E-state index contributed by atoms with van der Waals surface area (Å²) in [6.45, 7) is 2.22. The predicted octanol–water partition coefficient (Wildman–Crippen LogP) is 4.09. The lowest BCUT2D eigenvalue weighted by Gasteiger charge is -2.20. The number of carbonyl (C=O) groups is 2. The number of nitrogens with one attached hydrogen (secondary N) is 2. The zero-order valence-electron chi connectivity index (χ0n) is 14.5. The Morgan fingerprint density at radius 2 is 2.15 bits per heavy atom. The van der Waals surface area contributed by atoms with E-state index in [0.717, 1.165) is 0 Å². The zero-order chi connectivity index (χ0) is 19.6. The lowest BCUT2D eigenvalue weighted by molar-refractivity contribution is -0.118. The van der Waals surface area contributed by atoms with Gasteiger partial charge in [0.2, 0.25) is 0 Å². The second kappa shape index (κ2) is 8.06. The minimum absolute atomic E-state index is 0.0922. The molecule has 0 spiro atoms. The average Bonchev–Trinajstić information content (AvgIpc) is 2.64. The fourth-order valence-electron chi connectivity index (χ4n) is 2.53. The molecule has 2 aromatic carbocycles. The van der Waals surface area contributed by atoms with Crippen molar-refractivity contribution in [2.24, 2.45) is 0 Å². The molecule has 3 rings (SSSR count). The minimum Gasteiger partial charge on any atom is -0.493 e. The molecule has 0 aromatic heterocycles. The van der Waals surface area contributed by atoms with Crippen LogP contribution in [0.3, 0.4) is 0 Å². The minimum atomic E-state index is -0.390. The maximum absolute atomic E-state index is 12.7. The van der Waals surface area contributed by atoms with Gasteiger partial charge in [-0.05, 0) is 41.1 Å². The van der Waals surface area contributed by atoms with Crippen LogP contribution < -0.4 is 24.8 Å². The molecule has 7 nitrogen and oxygen atoms in total. The lowest BCUT2D eigenvalue weighted by atomic mass is 10.1. The van der Waals surface area contributed by atoms with Crippen molar-refractivity contribution in [3.8, 4) is 17.2 Å². The Morgan fingerprint density at radius 3 is 2.85 bits per heavy atom. The van der Waals surface area contributed by atoms with Crippen LogP contribution >= 0.6 is 27.5 Å². The summed E-state index contributed by atoms with van der Waals surface area (Å²) in [6, 6.07) is 6.30. The van der Waals surface area contributed by atoms with E-state index >= 15 is 0 Å². The highest BCUT2D eigenvalue weighted by atomic mass is 79.9. The summed E-state index contributed by atoms with van der Waals surface area (Å²) in [7, 11) is 1.50. The molecule has 0 aliphatic carbocycles. The summed E-state index contributed by atoms with van der Waals surface area (Å²) in [5.74, 6) is 0.728. The summed E-state index contributed by atoms with van der Waals surface area (Å²) in [5, 5.41) is 5.66. The van der Waals surface area contributed by atoms with Crippen molar-refractivity contribution in [2.75, 3.05) is 31.0 Å². The molecular formula is C18H16BrClN2O5. The first-order chi connectivity index (χ1) is 12.9. The second-order valence-electron chi connectivity index (χ2n) is 5.54. The number of methoxy groups -OCH3 is 1. The largest absolute Gasteiger partial charge is 0.493 e. The number of anilines is 2. The Hall–Kier alpha value is -2.45. The van der Waals surface area contributed by atoms with E-state index in [1.54, 1.807) is 18.2 Å². The van der Waals surface area contributed by atoms with Crippen molar-refractivity contribution in [1.82, 2.24) is 0 Å². The third kappa shape index (κ3) is 4.12. The highest BCUT2D eigenvalue weighted by Crippen LogP contribution is 2.38. The molecule has 0 saturated carbocycles. The molecule has 0 radical (unpaired) electrons. The van der Waals surface area contributed by atoms with E-state index in [1.165, 1.54) is 13.2 Å². The van der Waals surface area contributed by atoms with Crippen LogP contribution in [-0.2, 0) is 4.79 Å². The molecule has 0 saturated heterocycles. The van der Waals surface area contributed by atoms with Crippen LogP contribution in [0.2, 0.25) is 5.02 Å². The number of hydrogen-bond donors (Lipinski definition) is 2. The number of carbonyl (C=O) groups excluding carboxylic acids is 2. The van der Waals surface area contributed by atoms with Crippen LogP contribution in [0.1, 0.15) is 17.3 Å². The topological polar surface area (TPSA) is 85.9 Å². The van der Waals surface area contributed by atoms with Crippen molar-refractivity contribution < 1.29 is 23.8 Å². The molecule has 2 aromatic rings. The Labute approximate surface area is 169 Å². The van der Waals surface area contributed by atoms with Gasteiger partial charge in [-0.25, -0.2) is 0 Å². The first-order valence-electron chi connectivity index (χ1n) is 8.00. The molecule has 0 fully saturated rings. The van der Waals surface area contributed by atoms with Crippen molar-refractivity contribution in [1.29, 1.82) is 0 Å². The first-order valence-corrected chi connectivity index (χ1v) is 9.18. The predicted molar refractivity (Wildman–Crippen MR) is 105 cm³/mol. The van der Waals surface area contributed by atoms with Crippen LogP contribution in [0.5, 0.6) is 17.2 Å². The maximum atomic E-state index is 12.7. The van der Waals surface area contributed by atoms with Crippen LogP contribution in [0, 0.1) is 0 Å². The zero-order valence-corrected chi connectivity index (χ0v) is 16.9. The third-order valence-corrected chi connectivity index (χ3v) is 4.63. The summed E-state index contributed by atoms with van der Waals surface area (Å²) in [4.78, 5) is 24.1. The van der Waals surface area contributed by atoms with Crippen molar-refractivity contribution in [3.05, 3.63) is 39.3 Å². The van der Waals surface area contributed by atoms with Gasteiger partial charge in [0.25, 0.3) is 11.8 Å². The molecule has 1 aliphatic rings. The van der Waals surface area contributed by atoms with Gasteiger partial charge in [-0.1, -0.05) is 11.6 Å². The Balaban J connectivity index is 1.87. The monoisotopic (exact) mass is 454 g/mol. The normalized spacial score (nSPS) is 12.5. The van der Waals surface area contributed by atoms with Crippen molar-refractivity contribution in [2.45, 2.75) is 6.92 Å². The molecule has 2 amide bonds. The molecule has 0 atom stereocenters. The van der Waals surface area contributed by atoms with Gasteiger partial charge in [0.05, 0.1) is 34.6 Å². The van der Waals surface area contributed by atoms with Crippen molar-refractivity contribution in [3.63, 3.8) is 0 Å². The van der Waals surface area contributed by atoms with E-state index < -0.39 is 5.91 Å². The molecule has 0 unspecified atom stereocenters. The molecule has 1 heterocycles. The van der Waals surface area contributed by atoms with E-state index in [1.807, 2.05) is 6.92 Å². The Bertz CT molecular complexity index is 919. The van der Waals surface area contributed by atoms with Gasteiger partial charge in [0, 0.05) is 11.6 Å². The Kier molecular flexibility index (Phi) is 5.76. The highest BCUT2D eigenvalue weighted by Gasteiger charge is 2.20. The van der Waals surface area contributed by atoms with E-state index in [-0.39, 0.29) is 17.5 Å². The van der Waals surface area contributed by atoms with Gasteiger partial charge in [0.15, 0.2) is 18.1 Å². The summed E-state index contributed by atoms with van der Waals surface area (Å²) in [6.07, 6.45) is 0. The van der Waals surface area contributed by atoms with Gasteiger partial charge in [-0.3, -0.25) is 9.59 Å². The molecule has 2 N–H and O–H groups in total. The standard InChI is InChI=1S/C18H16BrClN2O5/c1-3-26-17-10(19)4-9(5-15(17)25-2)18(24)22-12-7-14-13(6-11(12)20)21-16(23)8-27-14/h4-7H,3,8H2,1-2H3,(H,21,23)(H,22,24).